The molecule has 2 amide bonds. The highest BCUT2D eigenvalue weighted by Gasteiger charge is 2.31. The summed E-state index contributed by atoms with van der Waals surface area (Å²) >= 11 is 0. The van der Waals surface area contributed by atoms with Crippen molar-refractivity contribution in [3.05, 3.63) is 11.7 Å². The van der Waals surface area contributed by atoms with E-state index in [1.54, 1.807) is 0 Å². The van der Waals surface area contributed by atoms with Crippen molar-refractivity contribution in [2.45, 2.75) is 38.6 Å². The number of hydrogen-bond acceptors (Lipinski definition) is 6. The van der Waals surface area contributed by atoms with E-state index >= 15 is 0 Å². The first-order valence-electron chi connectivity index (χ1n) is 9.42. The number of carbonyl (C=O) groups excluding carboxylic acids is 1. The van der Waals surface area contributed by atoms with Crippen LogP contribution in [0, 0.1) is 0 Å². The van der Waals surface area contributed by atoms with Gasteiger partial charge >= 0.3 is 6.03 Å². The summed E-state index contributed by atoms with van der Waals surface area (Å²) in [6.07, 6.45) is 1.76. The lowest BCUT2D eigenvalue weighted by Gasteiger charge is -2.34. The number of likely N-dealkylation sites (N-methyl/N-ethyl adjacent to an activating group) is 1. The van der Waals surface area contributed by atoms with Crippen molar-refractivity contribution in [1.29, 1.82) is 0 Å². The second-order valence-electron chi connectivity index (χ2n) is 6.91. The van der Waals surface area contributed by atoms with Crippen LogP contribution in [0.25, 0.3) is 0 Å². The van der Waals surface area contributed by atoms with Crippen LogP contribution in [0.5, 0.6) is 0 Å². The summed E-state index contributed by atoms with van der Waals surface area (Å²) in [6.45, 7) is 9.89. The van der Waals surface area contributed by atoms with Gasteiger partial charge in [-0.2, -0.15) is 4.98 Å². The van der Waals surface area contributed by atoms with Crippen molar-refractivity contribution in [1.82, 2.24) is 30.2 Å². The van der Waals surface area contributed by atoms with Gasteiger partial charge in [0.15, 0.2) is 5.82 Å². The molecule has 2 fully saturated rings. The molecule has 0 radical (unpaired) electrons. The average molecular weight is 350 g/mol. The van der Waals surface area contributed by atoms with Gasteiger partial charge in [0.2, 0.25) is 5.89 Å². The third-order valence-electron chi connectivity index (χ3n) is 5.42. The first-order valence-corrected chi connectivity index (χ1v) is 9.42. The van der Waals surface area contributed by atoms with Crippen molar-refractivity contribution < 1.29 is 9.32 Å². The highest BCUT2D eigenvalue weighted by molar-refractivity contribution is 5.74. The maximum atomic E-state index is 12.4. The molecule has 0 bridgehead atoms. The molecule has 1 atom stereocenters. The number of aromatic nitrogens is 2. The third-order valence-corrected chi connectivity index (χ3v) is 5.42. The van der Waals surface area contributed by atoms with Crippen LogP contribution in [-0.2, 0) is 0 Å². The minimum absolute atomic E-state index is 0.143. The Morgan fingerprint density at radius 2 is 2.00 bits per heavy atom. The predicted molar refractivity (Wildman–Crippen MR) is 94.4 cm³/mol. The van der Waals surface area contributed by atoms with E-state index in [-0.39, 0.29) is 18.0 Å². The molecule has 8 nitrogen and oxygen atoms in total. The zero-order valence-corrected chi connectivity index (χ0v) is 15.6. The summed E-state index contributed by atoms with van der Waals surface area (Å²) < 4.78 is 5.56. The Bertz CT molecular complexity index is 565. The van der Waals surface area contributed by atoms with Crippen LogP contribution in [0.3, 0.4) is 0 Å². The fourth-order valence-corrected chi connectivity index (χ4v) is 3.65. The van der Waals surface area contributed by atoms with Crippen molar-refractivity contribution >= 4 is 6.03 Å². The average Bonchev–Trinajstić information content (AvgIpc) is 3.13. The van der Waals surface area contributed by atoms with Gasteiger partial charge < -0.3 is 19.6 Å². The van der Waals surface area contributed by atoms with Gasteiger partial charge in [-0.1, -0.05) is 5.16 Å². The Labute approximate surface area is 149 Å². The molecule has 2 aliphatic heterocycles. The number of hydrogen-bond donors (Lipinski definition) is 1. The van der Waals surface area contributed by atoms with Crippen molar-refractivity contribution in [2.75, 3.05) is 52.9 Å². The minimum atomic E-state index is 0.143. The van der Waals surface area contributed by atoms with E-state index in [1.807, 2.05) is 23.6 Å². The van der Waals surface area contributed by atoms with E-state index < -0.39 is 0 Å². The Hall–Kier alpha value is -1.67. The Balaban J connectivity index is 1.57. The molecule has 1 aromatic rings. The van der Waals surface area contributed by atoms with Crippen LogP contribution in [-0.4, -0.2) is 83.7 Å². The van der Waals surface area contributed by atoms with Gasteiger partial charge in [0.05, 0.1) is 6.04 Å². The zero-order chi connectivity index (χ0) is 17.8. The number of urea groups is 1. The van der Waals surface area contributed by atoms with Crippen molar-refractivity contribution in [2.24, 2.45) is 0 Å². The standard InChI is InChI=1S/C17H30N6O2/c1-4-22(5-2)17(24)23-9-6-13(7-10-23)16-19-15(20-25-16)14-12-18-8-11-21(14)3/h13-14,18H,4-12H2,1-3H3. The van der Waals surface area contributed by atoms with Gasteiger partial charge in [-0.15, -0.1) is 0 Å². The summed E-state index contributed by atoms with van der Waals surface area (Å²) in [6, 6.07) is 0.320. The maximum Gasteiger partial charge on any atom is 0.319 e. The van der Waals surface area contributed by atoms with Crippen LogP contribution >= 0.6 is 0 Å². The largest absolute Gasteiger partial charge is 0.339 e. The molecule has 3 rings (SSSR count). The summed E-state index contributed by atoms with van der Waals surface area (Å²) in [7, 11) is 2.10. The van der Waals surface area contributed by atoms with Crippen LogP contribution in [0.1, 0.15) is 50.4 Å². The van der Waals surface area contributed by atoms with Crippen LogP contribution in [0.2, 0.25) is 0 Å². The van der Waals surface area contributed by atoms with Crippen LogP contribution < -0.4 is 5.32 Å². The molecule has 1 unspecified atom stereocenters. The molecule has 1 aromatic heterocycles. The Morgan fingerprint density at radius 3 is 2.64 bits per heavy atom. The number of piperazine rings is 1. The van der Waals surface area contributed by atoms with Crippen LogP contribution in [0.4, 0.5) is 4.79 Å². The van der Waals surface area contributed by atoms with E-state index in [4.69, 9.17) is 4.52 Å². The van der Waals surface area contributed by atoms with Gasteiger partial charge in [0.25, 0.3) is 0 Å². The molecule has 8 heteroatoms. The van der Waals surface area contributed by atoms with E-state index in [9.17, 15) is 4.79 Å². The smallest absolute Gasteiger partial charge is 0.319 e. The highest BCUT2D eigenvalue weighted by atomic mass is 16.5. The molecule has 0 spiro atoms. The molecular formula is C17H30N6O2. The molecule has 2 saturated heterocycles. The normalized spacial score (nSPS) is 23.0. The number of piperidine rings is 1. The molecule has 25 heavy (non-hydrogen) atoms. The summed E-state index contributed by atoms with van der Waals surface area (Å²) in [5.41, 5.74) is 0. The molecule has 0 aliphatic carbocycles. The SMILES string of the molecule is CCN(CC)C(=O)N1CCC(c2nc(C3CNCCN3C)no2)CC1. The molecule has 0 aromatic carbocycles. The number of nitrogens with one attached hydrogen (secondary N) is 1. The highest BCUT2D eigenvalue weighted by Crippen LogP contribution is 2.29. The Morgan fingerprint density at radius 1 is 1.28 bits per heavy atom. The number of amides is 2. The molecule has 140 valence electrons. The molecule has 3 heterocycles. The first kappa shape index (κ1) is 18.1. The molecular weight excluding hydrogens is 320 g/mol. The van der Waals surface area contributed by atoms with E-state index in [2.05, 4.69) is 27.4 Å². The number of carbonyl (C=O) groups is 1. The summed E-state index contributed by atoms with van der Waals surface area (Å²) in [5.74, 6) is 1.75. The molecule has 0 saturated carbocycles. The number of nitrogens with zero attached hydrogens (tertiary/aromatic N) is 5. The summed E-state index contributed by atoms with van der Waals surface area (Å²) in [4.78, 5) is 23.2. The Kier molecular flexibility index (Phi) is 5.90. The van der Waals surface area contributed by atoms with Gasteiger partial charge in [-0.05, 0) is 33.7 Å². The summed E-state index contributed by atoms with van der Waals surface area (Å²) in [5, 5.41) is 7.60. The number of rotatable bonds is 4. The zero-order valence-electron chi connectivity index (χ0n) is 15.6. The van der Waals surface area contributed by atoms with E-state index in [1.165, 1.54) is 0 Å². The van der Waals surface area contributed by atoms with Gasteiger partial charge in [0.1, 0.15) is 0 Å². The monoisotopic (exact) mass is 350 g/mol. The lowest BCUT2D eigenvalue weighted by atomic mass is 9.97. The lowest BCUT2D eigenvalue weighted by Crippen LogP contribution is -2.46. The van der Waals surface area contributed by atoms with Gasteiger partial charge in [-0.25, -0.2) is 4.79 Å². The second-order valence-corrected chi connectivity index (χ2v) is 6.91. The van der Waals surface area contributed by atoms with Gasteiger partial charge in [-0.3, -0.25) is 4.90 Å². The first-order chi connectivity index (χ1) is 12.1. The predicted octanol–water partition coefficient (Wildman–Crippen LogP) is 1.29. The fraction of sp³-hybridized carbons (Fsp3) is 0.824. The molecule has 1 N–H and O–H groups in total. The fourth-order valence-electron chi connectivity index (χ4n) is 3.65. The third kappa shape index (κ3) is 3.95. The lowest BCUT2D eigenvalue weighted by molar-refractivity contribution is 0.140. The quantitative estimate of drug-likeness (QED) is 0.882. The van der Waals surface area contributed by atoms with E-state index in [0.29, 0.717) is 0 Å². The minimum Gasteiger partial charge on any atom is -0.339 e. The maximum absolute atomic E-state index is 12.4. The molecule has 2 aliphatic rings. The topological polar surface area (TPSA) is 77.7 Å². The second kappa shape index (κ2) is 8.14. The van der Waals surface area contributed by atoms with Crippen LogP contribution in [0.15, 0.2) is 4.52 Å². The van der Waals surface area contributed by atoms with E-state index in [0.717, 1.165) is 70.4 Å². The van der Waals surface area contributed by atoms with Gasteiger partial charge in [0, 0.05) is 51.7 Å². The van der Waals surface area contributed by atoms with Crippen molar-refractivity contribution in [3.8, 4) is 0 Å². The van der Waals surface area contributed by atoms with Crippen molar-refractivity contribution in [3.63, 3.8) is 0 Å². The number of likely N-dealkylation sites (tertiary alicyclic amines) is 1.